The van der Waals surface area contributed by atoms with Crippen molar-refractivity contribution in [2.45, 2.75) is 50.7 Å². The Morgan fingerprint density at radius 3 is 2.83 bits per heavy atom. The lowest BCUT2D eigenvalue weighted by Gasteiger charge is -2.20. The van der Waals surface area contributed by atoms with E-state index < -0.39 is 6.10 Å². The summed E-state index contributed by atoms with van der Waals surface area (Å²) in [5.74, 6) is 1.08. The normalized spacial score (nSPS) is 16.4. The Kier molecular flexibility index (Phi) is 5.15. The molecule has 1 fully saturated rings. The first-order valence-corrected chi connectivity index (χ1v) is 8.46. The van der Waals surface area contributed by atoms with Gasteiger partial charge in [0, 0.05) is 17.7 Å². The van der Waals surface area contributed by atoms with Crippen LogP contribution >= 0.6 is 0 Å². The maximum absolute atomic E-state index is 12.0. The molecule has 1 aliphatic carbocycles. The monoisotopic (exact) mass is 328 g/mol. The van der Waals surface area contributed by atoms with Gasteiger partial charge in [-0.25, -0.2) is 4.79 Å². The molecule has 0 aliphatic heterocycles. The second-order valence-corrected chi connectivity index (χ2v) is 6.46. The number of aromatic amines is 1. The number of aliphatic hydroxyl groups is 1. The third-order valence-corrected chi connectivity index (χ3v) is 4.36. The first-order valence-electron chi connectivity index (χ1n) is 8.46. The molecule has 1 aromatic heterocycles. The minimum Gasteiger partial charge on any atom is -0.391 e. The number of hydrogen-bond donors (Lipinski definition) is 4. The Balaban J connectivity index is 1.42. The average Bonchev–Trinajstić information content (AvgIpc) is 3.33. The van der Waals surface area contributed by atoms with E-state index >= 15 is 0 Å². The molecule has 0 bridgehead atoms. The zero-order valence-electron chi connectivity index (χ0n) is 13.8. The molecule has 1 aliphatic rings. The van der Waals surface area contributed by atoms with Crippen LogP contribution in [0.1, 0.15) is 43.4 Å². The van der Waals surface area contributed by atoms with Gasteiger partial charge in [-0.05, 0) is 38.2 Å². The van der Waals surface area contributed by atoms with Gasteiger partial charge in [-0.1, -0.05) is 30.3 Å². The fraction of sp³-hybridized carbons (Fsp3) is 0.444. The predicted molar refractivity (Wildman–Crippen MR) is 92.9 cm³/mol. The van der Waals surface area contributed by atoms with Crippen LogP contribution in [0.3, 0.4) is 0 Å². The number of carbonyl (C=O) groups is 1. The molecule has 4 N–H and O–H groups in total. The van der Waals surface area contributed by atoms with E-state index in [2.05, 4.69) is 20.8 Å². The van der Waals surface area contributed by atoms with Gasteiger partial charge in [-0.2, -0.15) is 5.10 Å². The number of benzene rings is 1. The Morgan fingerprint density at radius 2 is 2.12 bits per heavy atom. The number of aromatic nitrogens is 2. The van der Waals surface area contributed by atoms with Crippen molar-refractivity contribution < 1.29 is 9.90 Å². The molecule has 2 aromatic rings. The molecule has 0 saturated heterocycles. The van der Waals surface area contributed by atoms with Crippen LogP contribution < -0.4 is 10.6 Å². The fourth-order valence-corrected chi connectivity index (χ4v) is 2.67. The van der Waals surface area contributed by atoms with Crippen LogP contribution in [-0.2, 0) is 6.42 Å². The highest BCUT2D eigenvalue weighted by Crippen LogP contribution is 2.39. The topological polar surface area (TPSA) is 90.0 Å². The summed E-state index contributed by atoms with van der Waals surface area (Å²) >= 11 is 0. The number of aryl methyl sites for hydroxylation is 1. The maximum Gasteiger partial charge on any atom is 0.320 e. The number of nitrogens with zero attached hydrogens (tertiary/aromatic N) is 1. The second-order valence-electron chi connectivity index (χ2n) is 6.46. The number of amides is 2. The Morgan fingerprint density at radius 1 is 1.38 bits per heavy atom. The third kappa shape index (κ3) is 4.58. The SMILES string of the molecule is CC(NC(=O)Nc1cc(C2CC2)[nH]n1)C(O)CCc1ccccc1. The van der Waals surface area contributed by atoms with Gasteiger partial charge in [0.15, 0.2) is 5.82 Å². The van der Waals surface area contributed by atoms with E-state index in [1.54, 1.807) is 6.92 Å². The van der Waals surface area contributed by atoms with Gasteiger partial charge in [-0.3, -0.25) is 10.4 Å². The van der Waals surface area contributed by atoms with Gasteiger partial charge in [0.2, 0.25) is 0 Å². The summed E-state index contributed by atoms with van der Waals surface area (Å²) in [6.45, 7) is 1.80. The summed E-state index contributed by atoms with van der Waals surface area (Å²) in [6, 6.07) is 11.2. The van der Waals surface area contributed by atoms with E-state index in [1.165, 1.54) is 18.4 Å². The Labute approximate surface area is 141 Å². The summed E-state index contributed by atoms with van der Waals surface area (Å²) in [7, 11) is 0. The van der Waals surface area contributed by atoms with Crippen molar-refractivity contribution in [3.63, 3.8) is 0 Å². The molecule has 3 rings (SSSR count). The van der Waals surface area contributed by atoms with Crippen molar-refractivity contribution in [2.75, 3.05) is 5.32 Å². The average molecular weight is 328 g/mol. The van der Waals surface area contributed by atoms with Crippen molar-refractivity contribution in [1.29, 1.82) is 0 Å². The van der Waals surface area contributed by atoms with Gasteiger partial charge in [0.05, 0.1) is 12.1 Å². The van der Waals surface area contributed by atoms with Crippen molar-refractivity contribution in [3.8, 4) is 0 Å². The van der Waals surface area contributed by atoms with Crippen LogP contribution in [0.4, 0.5) is 10.6 Å². The first kappa shape index (κ1) is 16.5. The first-order chi connectivity index (χ1) is 11.6. The Hall–Kier alpha value is -2.34. The molecule has 0 radical (unpaired) electrons. The number of urea groups is 1. The van der Waals surface area contributed by atoms with Crippen molar-refractivity contribution >= 4 is 11.8 Å². The summed E-state index contributed by atoms with van der Waals surface area (Å²) in [6.07, 6.45) is 3.13. The second kappa shape index (κ2) is 7.49. The van der Waals surface area contributed by atoms with Crippen molar-refractivity contribution in [3.05, 3.63) is 47.7 Å². The van der Waals surface area contributed by atoms with Crippen LogP contribution in [0.5, 0.6) is 0 Å². The van der Waals surface area contributed by atoms with Gasteiger partial charge >= 0.3 is 6.03 Å². The highest BCUT2D eigenvalue weighted by molar-refractivity contribution is 5.88. The lowest BCUT2D eigenvalue weighted by molar-refractivity contribution is 0.129. The van der Waals surface area contributed by atoms with E-state index in [0.717, 1.165) is 12.1 Å². The van der Waals surface area contributed by atoms with Crippen LogP contribution in [0.2, 0.25) is 0 Å². The van der Waals surface area contributed by atoms with Crippen molar-refractivity contribution in [2.24, 2.45) is 0 Å². The molecular formula is C18H24N4O2. The molecule has 6 nitrogen and oxygen atoms in total. The van der Waals surface area contributed by atoms with E-state index in [-0.39, 0.29) is 12.1 Å². The van der Waals surface area contributed by atoms with E-state index in [9.17, 15) is 9.90 Å². The standard InChI is InChI=1S/C18H24N4O2/c1-12(16(23)10-7-13-5-3-2-4-6-13)19-18(24)20-17-11-15(21-22-17)14-8-9-14/h2-6,11-12,14,16,23H,7-10H2,1H3,(H3,19,20,21,22,24). The third-order valence-electron chi connectivity index (χ3n) is 4.36. The van der Waals surface area contributed by atoms with Crippen LogP contribution in [0, 0.1) is 0 Å². The number of H-pyrrole nitrogens is 1. The smallest absolute Gasteiger partial charge is 0.320 e. The molecule has 1 heterocycles. The summed E-state index contributed by atoms with van der Waals surface area (Å²) in [5, 5.41) is 22.7. The Bertz CT molecular complexity index is 667. The zero-order chi connectivity index (χ0) is 16.9. The lowest BCUT2D eigenvalue weighted by Crippen LogP contribution is -2.43. The predicted octanol–water partition coefficient (Wildman–Crippen LogP) is 2.79. The molecule has 0 spiro atoms. The molecule has 1 aromatic carbocycles. The maximum atomic E-state index is 12.0. The molecule has 6 heteroatoms. The largest absolute Gasteiger partial charge is 0.391 e. The minimum absolute atomic E-state index is 0.337. The molecular weight excluding hydrogens is 304 g/mol. The number of hydrogen-bond acceptors (Lipinski definition) is 3. The zero-order valence-corrected chi connectivity index (χ0v) is 13.8. The molecule has 2 unspecified atom stereocenters. The quantitative estimate of drug-likeness (QED) is 0.630. The molecule has 1 saturated carbocycles. The molecule has 128 valence electrons. The highest BCUT2D eigenvalue weighted by atomic mass is 16.3. The number of carbonyl (C=O) groups excluding carboxylic acids is 1. The van der Waals surface area contributed by atoms with E-state index in [1.807, 2.05) is 36.4 Å². The van der Waals surface area contributed by atoms with Gasteiger partial charge in [0.1, 0.15) is 0 Å². The molecule has 24 heavy (non-hydrogen) atoms. The van der Waals surface area contributed by atoms with Gasteiger partial charge in [-0.15, -0.1) is 0 Å². The van der Waals surface area contributed by atoms with Gasteiger partial charge < -0.3 is 10.4 Å². The number of nitrogens with one attached hydrogen (secondary N) is 3. The van der Waals surface area contributed by atoms with E-state index in [4.69, 9.17) is 0 Å². The summed E-state index contributed by atoms with van der Waals surface area (Å²) in [5.41, 5.74) is 2.25. The fourth-order valence-electron chi connectivity index (χ4n) is 2.67. The van der Waals surface area contributed by atoms with Crippen LogP contribution in [0.15, 0.2) is 36.4 Å². The van der Waals surface area contributed by atoms with Crippen LogP contribution in [-0.4, -0.2) is 33.5 Å². The highest BCUT2D eigenvalue weighted by Gasteiger charge is 2.26. The minimum atomic E-state index is -0.600. The number of aliphatic hydroxyl groups excluding tert-OH is 1. The summed E-state index contributed by atoms with van der Waals surface area (Å²) in [4.78, 5) is 12.0. The van der Waals surface area contributed by atoms with E-state index in [0.29, 0.717) is 18.2 Å². The molecule has 2 atom stereocenters. The van der Waals surface area contributed by atoms with Crippen LogP contribution in [0.25, 0.3) is 0 Å². The summed E-state index contributed by atoms with van der Waals surface area (Å²) < 4.78 is 0. The number of anilines is 1. The molecule has 2 amide bonds. The van der Waals surface area contributed by atoms with Gasteiger partial charge in [0.25, 0.3) is 0 Å². The number of rotatable bonds is 7. The lowest BCUT2D eigenvalue weighted by atomic mass is 10.0. The van der Waals surface area contributed by atoms with Crippen molar-refractivity contribution in [1.82, 2.24) is 15.5 Å².